The summed E-state index contributed by atoms with van der Waals surface area (Å²) in [4.78, 5) is 2.11. The topological polar surface area (TPSA) is 41.0 Å². The van der Waals surface area contributed by atoms with Crippen molar-refractivity contribution in [1.29, 1.82) is 0 Å². The molecular weight excluding hydrogens is 188 g/mol. The molecule has 0 radical (unpaired) electrons. The Morgan fingerprint density at radius 1 is 1.27 bits per heavy atom. The first-order valence-electron chi connectivity index (χ1n) is 5.46. The summed E-state index contributed by atoms with van der Waals surface area (Å²) < 4.78 is 0. The fourth-order valence-corrected chi connectivity index (χ4v) is 1.26. The van der Waals surface area contributed by atoms with Gasteiger partial charge in [-0.2, -0.15) is 5.10 Å². The number of likely N-dealkylation sites (N-methyl/N-ethyl adjacent to an activating group) is 1. The second-order valence-electron chi connectivity index (χ2n) is 3.70. The first-order valence-corrected chi connectivity index (χ1v) is 5.46. The number of nitrogens with one attached hydrogen (secondary N) is 1. The van der Waals surface area contributed by atoms with Crippen molar-refractivity contribution in [2.75, 3.05) is 31.6 Å². The highest BCUT2D eigenvalue weighted by Crippen LogP contribution is 2.05. The molecule has 0 unspecified atom stereocenters. The molecule has 4 nitrogen and oxygen atoms in total. The van der Waals surface area contributed by atoms with Gasteiger partial charge in [0.25, 0.3) is 0 Å². The third-order valence-electron chi connectivity index (χ3n) is 2.23. The van der Waals surface area contributed by atoms with E-state index >= 15 is 0 Å². The van der Waals surface area contributed by atoms with Crippen LogP contribution in [0, 0.1) is 6.92 Å². The van der Waals surface area contributed by atoms with E-state index in [9.17, 15) is 0 Å². The first-order chi connectivity index (χ1) is 7.24. The Balaban J connectivity index is 2.33. The molecule has 0 atom stereocenters. The Bertz CT molecular complexity index is 270. The third kappa shape index (κ3) is 4.25. The molecular formula is C11H20N4. The predicted molar refractivity (Wildman–Crippen MR) is 63.2 cm³/mol. The number of hydrogen-bond donors (Lipinski definition) is 1. The molecule has 4 heteroatoms. The SMILES string of the molecule is CCCNCCN(C)c1ccc(C)nn1. The summed E-state index contributed by atoms with van der Waals surface area (Å²) in [7, 11) is 2.03. The summed E-state index contributed by atoms with van der Waals surface area (Å²) in [5.74, 6) is 0.930. The Labute approximate surface area is 91.7 Å². The van der Waals surface area contributed by atoms with Crippen LogP contribution >= 0.6 is 0 Å². The lowest BCUT2D eigenvalue weighted by atomic mass is 10.4. The van der Waals surface area contributed by atoms with Gasteiger partial charge < -0.3 is 10.2 Å². The van der Waals surface area contributed by atoms with Crippen molar-refractivity contribution in [3.8, 4) is 0 Å². The number of nitrogens with zero attached hydrogens (tertiary/aromatic N) is 3. The lowest BCUT2D eigenvalue weighted by Crippen LogP contribution is -2.30. The van der Waals surface area contributed by atoms with Gasteiger partial charge in [0.15, 0.2) is 5.82 Å². The Morgan fingerprint density at radius 3 is 2.67 bits per heavy atom. The van der Waals surface area contributed by atoms with Gasteiger partial charge >= 0.3 is 0 Å². The Kier molecular flexibility index (Phi) is 5.04. The molecule has 0 bridgehead atoms. The maximum Gasteiger partial charge on any atom is 0.151 e. The van der Waals surface area contributed by atoms with Crippen molar-refractivity contribution in [2.45, 2.75) is 20.3 Å². The maximum atomic E-state index is 4.13. The molecule has 1 N–H and O–H groups in total. The van der Waals surface area contributed by atoms with Crippen LogP contribution in [0.25, 0.3) is 0 Å². The quantitative estimate of drug-likeness (QED) is 0.714. The van der Waals surface area contributed by atoms with Crippen molar-refractivity contribution in [3.05, 3.63) is 17.8 Å². The molecule has 0 fully saturated rings. The molecule has 1 aromatic rings. The average Bonchev–Trinajstić information content (AvgIpc) is 2.25. The molecule has 1 aromatic heterocycles. The van der Waals surface area contributed by atoms with E-state index in [1.807, 2.05) is 26.1 Å². The maximum absolute atomic E-state index is 4.13. The van der Waals surface area contributed by atoms with E-state index in [0.29, 0.717) is 0 Å². The predicted octanol–water partition coefficient (Wildman–Crippen LogP) is 1.22. The van der Waals surface area contributed by atoms with Crippen molar-refractivity contribution in [1.82, 2.24) is 15.5 Å². The zero-order valence-electron chi connectivity index (χ0n) is 9.82. The largest absolute Gasteiger partial charge is 0.357 e. The van der Waals surface area contributed by atoms with Crippen LogP contribution in [0.4, 0.5) is 5.82 Å². The smallest absolute Gasteiger partial charge is 0.151 e. The summed E-state index contributed by atoms with van der Waals surface area (Å²) in [5, 5.41) is 11.5. The normalized spacial score (nSPS) is 10.3. The molecule has 15 heavy (non-hydrogen) atoms. The summed E-state index contributed by atoms with van der Waals surface area (Å²) in [6, 6.07) is 3.99. The van der Waals surface area contributed by atoms with Gasteiger partial charge in [0.05, 0.1) is 5.69 Å². The van der Waals surface area contributed by atoms with E-state index in [4.69, 9.17) is 0 Å². The molecule has 1 rings (SSSR count). The Morgan fingerprint density at radius 2 is 2.07 bits per heavy atom. The Hall–Kier alpha value is -1.16. The molecule has 84 valence electrons. The molecule has 0 amide bonds. The molecule has 0 aliphatic carbocycles. The standard InChI is InChI=1S/C11H20N4/c1-4-7-12-8-9-15(3)11-6-5-10(2)13-14-11/h5-6,12H,4,7-9H2,1-3H3. The van der Waals surface area contributed by atoms with Gasteiger partial charge in [-0.15, -0.1) is 5.10 Å². The van der Waals surface area contributed by atoms with Gasteiger partial charge in [-0.3, -0.25) is 0 Å². The summed E-state index contributed by atoms with van der Waals surface area (Å²) in [6.07, 6.45) is 1.17. The second kappa shape index (κ2) is 6.35. The van der Waals surface area contributed by atoms with E-state index in [0.717, 1.165) is 31.1 Å². The van der Waals surface area contributed by atoms with E-state index in [1.54, 1.807) is 0 Å². The average molecular weight is 208 g/mol. The zero-order valence-corrected chi connectivity index (χ0v) is 9.82. The van der Waals surface area contributed by atoms with Crippen LogP contribution in [0.1, 0.15) is 19.0 Å². The van der Waals surface area contributed by atoms with Crippen LogP contribution in [0.15, 0.2) is 12.1 Å². The van der Waals surface area contributed by atoms with E-state index < -0.39 is 0 Å². The van der Waals surface area contributed by atoms with Gasteiger partial charge in [-0.05, 0) is 32.0 Å². The molecule has 0 saturated carbocycles. The summed E-state index contributed by atoms with van der Waals surface area (Å²) in [6.45, 7) is 7.13. The molecule has 0 aromatic carbocycles. The van der Waals surface area contributed by atoms with Crippen molar-refractivity contribution in [3.63, 3.8) is 0 Å². The molecule has 1 heterocycles. The van der Waals surface area contributed by atoms with Crippen LogP contribution in [-0.2, 0) is 0 Å². The minimum atomic E-state index is 0.930. The van der Waals surface area contributed by atoms with Gasteiger partial charge in [-0.25, -0.2) is 0 Å². The number of hydrogen-bond acceptors (Lipinski definition) is 4. The van der Waals surface area contributed by atoms with Gasteiger partial charge in [0, 0.05) is 20.1 Å². The van der Waals surface area contributed by atoms with Crippen molar-refractivity contribution < 1.29 is 0 Å². The minimum absolute atomic E-state index is 0.930. The number of aromatic nitrogens is 2. The van der Waals surface area contributed by atoms with Crippen molar-refractivity contribution >= 4 is 5.82 Å². The monoisotopic (exact) mass is 208 g/mol. The molecule has 0 aliphatic heterocycles. The van der Waals surface area contributed by atoms with Crippen LogP contribution < -0.4 is 10.2 Å². The highest BCUT2D eigenvalue weighted by Gasteiger charge is 2.01. The lowest BCUT2D eigenvalue weighted by molar-refractivity contribution is 0.662. The first kappa shape index (κ1) is 11.9. The van der Waals surface area contributed by atoms with Crippen LogP contribution in [-0.4, -0.2) is 36.9 Å². The third-order valence-corrected chi connectivity index (χ3v) is 2.23. The molecule has 0 aliphatic rings. The molecule has 0 saturated heterocycles. The van der Waals surface area contributed by atoms with Crippen LogP contribution in [0.5, 0.6) is 0 Å². The number of anilines is 1. The fourth-order valence-electron chi connectivity index (χ4n) is 1.26. The summed E-state index contributed by atoms with van der Waals surface area (Å²) >= 11 is 0. The number of rotatable bonds is 6. The van der Waals surface area contributed by atoms with Gasteiger partial charge in [-0.1, -0.05) is 6.92 Å². The van der Waals surface area contributed by atoms with Crippen LogP contribution in [0.3, 0.4) is 0 Å². The van der Waals surface area contributed by atoms with Crippen LogP contribution in [0.2, 0.25) is 0 Å². The van der Waals surface area contributed by atoms with Gasteiger partial charge in [0.2, 0.25) is 0 Å². The fraction of sp³-hybridized carbons (Fsp3) is 0.636. The summed E-state index contributed by atoms with van der Waals surface area (Å²) in [5.41, 5.74) is 0.955. The van der Waals surface area contributed by atoms with E-state index in [2.05, 4.69) is 27.3 Å². The second-order valence-corrected chi connectivity index (χ2v) is 3.70. The van der Waals surface area contributed by atoms with E-state index in [-0.39, 0.29) is 0 Å². The minimum Gasteiger partial charge on any atom is -0.357 e. The van der Waals surface area contributed by atoms with Gasteiger partial charge in [0.1, 0.15) is 0 Å². The highest BCUT2D eigenvalue weighted by molar-refractivity contribution is 5.35. The van der Waals surface area contributed by atoms with Crippen molar-refractivity contribution in [2.24, 2.45) is 0 Å². The zero-order chi connectivity index (χ0) is 11.1. The highest BCUT2D eigenvalue weighted by atomic mass is 15.2. The number of aryl methyl sites for hydroxylation is 1. The van der Waals surface area contributed by atoms with E-state index in [1.165, 1.54) is 6.42 Å². The molecule has 0 spiro atoms. The lowest BCUT2D eigenvalue weighted by Gasteiger charge is -2.17.